The molecule has 19 heavy (non-hydrogen) atoms. The molecule has 0 aliphatic heterocycles. The quantitative estimate of drug-likeness (QED) is 0.688. The Morgan fingerprint density at radius 3 is 2.68 bits per heavy atom. The van der Waals surface area contributed by atoms with Crippen molar-refractivity contribution in [1.29, 1.82) is 0 Å². The number of carbonyl (C=O) groups excluding carboxylic acids is 1. The zero-order valence-corrected chi connectivity index (χ0v) is 12.4. The Hall–Kier alpha value is -1.38. The highest BCUT2D eigenvalue weighted by molar-refractivity contribution is 14.1. The van der Waals surface area contributed by atoms with Crippen LogP contribution >= 0.6 is 22.6 Å². The molecule has 1 atom stereocenters. The first-order chi connectivity index (χ1) is 8.93. The van der Waals surface area contributed by atoms with Crippen molar-refractivity contribution in [1.82, 2.24) is 5.32 Å². The third-order valence-electron chi connectivity index (χ3n) is 2.36. The van der Waals surface area contributed by atoms with Crippen molar-refractivity contribution in [2.24, 2.45) is 0 Å². The van der Waals surface area contributed by atoms with Crippen LogP contribution in [-0.2, 0) is 4.79 Å². The molecule has 104 valence electrons. The molecule has 5 nitrogen and oxygen atoms in total. The highest BCUT2D eigenvalue weighted by Crippen LogP contribution is 2.18. The van der Waals surface area contributed by atoms with Gasteiger partial charge in [-0.2, -0.15) is 0 Å². The fourth-order valence-corrected chi connectivity index (χ4v) is 2.07. The normalized spacial score (nSPS) is 11.7. The molecule has 0 radical (unpaired) electrons. The van der Waals surface area contributed by atoms with Crippen LogP contribution in [0.1, 0.15) is 19.8 Å². The second-order valence-corrected chi connectivity index (χ2v) is 5.06. The van der Waals surface area contributed by atoms with Crippen molar-refractivity contribution in [3.63, 3.8) is 0 Å². The molecule has 0 aliphatic rings. The van der Waals surface area contributed by atoms with Crippen molar-refractivity contribution in [3.05, 3.63) is 27.6 Å². The Labute approximate surface area is 123 Å². The lowest BCUT2D eigenvalue weighted by molar-refractivity contribution is -0.139. The minimum atomic E-state index is -1.08. The van der Waals surface area contributed by atoms with Gasteiger partial charge in [-0.1, -0.05) is 13.3 Å². The second kappa shape index (κ2) is 7.27. The number of hydrogen-bond acceptors (Lipinski definition) is 2. The van der Waals surface area contributed by atoms with Crippen LogP contribution in [0, 0.1) is 9.39 Å². The van der Waals surface area contributed by atoms with Crippen molar-refractivity contribution in [2.45, 2.75) is 25.8 Å². The van der Waals surface area contributed by atoms with E-state index in [-0.39, 0.29) is 0 Å². The highest BCUT2D eigenvalue weighted by atomic mass is 127. The molecule has 0 aliphatic carbocycles. The van der Waals surface area contributed by atoms with Gasteiger partial charge in [0.25, 0.3) is 0 Å². The topological polar surface area (TPSA) is 78.4 Å². The number of anilines is 1. The first-order valence-electron chi connectivity index (χ1n) is 5.69. The van der Waals surface area contributed by atoms with Crippen molar-refractivity contribution < 1.29 is 19.1 Å². The van der Waals surface area contributed by atoms with Gasteiger partial charge in [-0.25, -0.2) is 14.0 Å². The first kappa shape index (κ1) is 15.7. The summed E-state index contributed by atoms with van der Waals surface area (Å²) >= 11 is 1.88. The maximum absolute atomic E-state index is 12.9. The van der Waals surface area contributed by atoms with E-state index in [1.54, 1.807) is 0 Å². The summed E-state index contributed by atoms with van der Waals surface area (Å²) in [5.41, 5.74) is 0.431. The van der Waals surface area contributed by atoms with Gasteiger partial charge in [0, 0.05) is 3.57 Å². The van der Waals surface area contributed by atoms with Gasteiger partial charge in [-0.15, -0.1) is 0 Å². The van der Waals surface area contributed by atoms with E-state index in [4.69, 9.17) is 5.11 Å². The van der Waals surface area contributed by atoms with Gasteiger partial charge < -0.3 is 15.7 Å². The van der Waals surface area contributed by atoms with Crippen LogP contribution < -0.4 is 10.6 Å². The molecule has 0 saturated carbocycles. The van der Waals surface area contributed by atoms with Gasteiger partial charge in [0.1, 0.15) is 11.9 Å². The van der Waals surface area contributed by atoms with E-state index in [1.807, 2.05) is 29.5 Å². The van der Waals surface area contributed by atoms with E-state index in [1.165, 1.54) is 18.2 Å². The molecule has 1 unspecified atom stereocenters. The SMILES string of the molecule is CCCC(NC(=O)Nc1ccc(F)cc1I)C(=O)O. The smallest absolute Gasteiger partial charge is 0.326 e. The minimum Gasteiger partial charge on any atom is -0.480 e. The predicted molar refractivity (Wildman–Crippen MR) is 77.6 cm³/mol. The number of nitrogens with one attached hydrogen (secondary N) is 2. The summed E-state index contributed by atoms with van der Waals surface area (Å²) in [7, 11) is 0. The molecule has 1 rings (SSSR count). The lowest BCUT2D eigenvalue weighted by atomic mass is 10.2. The van der Waals surface area contributed by atoms with E-state index >= 15 is 0 Å². The Balaban J connectivity index is 2.66. The number of urea groups is 1. The number of aliphatic carboxylic acids is 1. The number of benzene rings is 1. The molecule has 0 bridgehead atoms. The largest absolute Gasteiger partial charge is 0.480 e. The van der Waals surface area contributed by atoms with Crippen LogP contribution in [0.25, 0.3) is 0 Å². The summed E-state index contributed by atoms with van der Waals surface area (Å²) in [4.78, 5) is 22.6. The van der Waals surface area contributed by atoms with Crippen LogP contribution in [0.15, 0.2) is 18.2 Å². The van der Waals surface area contributed by atoms with E-state index in [9.17, 15) is 14.0 Å². The van der Waals surface area contributed by atoms with Gasteiger partial charge in [0.15, 0.2) is 0 Å². The van der Waals surface area contributed by atoms with Gasteiger partial charge in [-0.05, 0) is 47.2 Å². The van der Waals surface area contributed by atoms with E-state index in [0.29, 0.717) is 22.1 Å². The molecule has 0 fully saturated rings. The summed E-state index contributed by atoms with van der Waals surface area (Å²) in [6.07, 6.45) is 0.995. The molecule has 3 N–H and O–H groups in total. The molecule has 0 heterocycles. The molecular weight excluding hydrogens is 366 g/mol. The number of amides is 2. The highest BCUT2D eigenvalue weighted by Gasteiger charge is 2.19. The maximum Gasteiger partial charge on any atom is 0.326 e. The van der Waals surface area contributed by atoms with Crippen molar-refractivity contribution >= 4 is 40.3 Å². The number of halogens is 2. The molecule has 1 aromatic carbocycles. The molecule has 7 heteroatoms. The first-order valence-corrected chi connectivity index (χ1v) is 6.77. The zero-order chi connectivity index (χ0) is 14.4. The van der Waals surface area contributed by atoms with Gasteiger partial charge in [-0.3, -0.25) is 0 Å². The molecule has 0 aromatic heterocycles. The number of carbonyl (C=O) groups is 2. The predicted octanol–water partition coefficient (Wildman–Crippen LogP) is 2.81. The van der Waals surface area contributed by atoms with Crippen molar-refractivity contribution in [3.8, 4) is 0 Å². The van der Waals surface area contributed by atoms with E-state index in [0.717, 1.165) is 0 Å². The third kappa shape index (κ3) is 5.01. The number of hydrogen-bond donors (Lipinski definition) is 3. The third-order valence-corrected chi connectivity index (χ3v) is 3.25. The number of carboxylic acids is 1. The monoisotopic (exact) mass is 380 g/mol. The van der Waals surface area contributed by atoms with Crippen LogP contribution in [0.3, 0.4) is 0 Å². The average Bonchev–Trinajstić information content (AvgIpc) is 2.32. The second-order valence-electron chi connectivity index (χ2n) is 3.90. The number of carboxylic acid groups (broad SMARTS) is 1. The fraction of sp³-hybridized carbons (Fsp3) is 0.333. The Morgan fingerprint density at radius 2 is 2.16 bits per heavy atom. The molecule has 1 aromatic rings. The Bertz CT molecular complexity index is 482. The summed E-state index contributed by atoms with van der Waals surface area (Å²) in [5.74, 6) is -1.48. The van der Waals surface area contributed by atoms with Crippen LogP contribution in [0.4, 0.5) is 14.9 Å². The lowest BCUT2D eigenvalue weighted by Crippen LogP contribution is -2.43. The molecule has 2 amide bonds. The van der Waals surface area contributed by atoms with E-state index < -0.39 is 23.9 Å². The fourth-order valence-electron chi connectivity index (χ4n) is 1.45. The molecule has 0 saturated heterocycles. The number of rotatable bonds is 5. The van der Waals surface area contributed by atoms with Crippen LogP contribution in [-0.4, -0.2) is 23.1 Å². The van der Waals surface area contributed by atoms with Crippen molar-refractivity contribution in [2.75, 3.05) is 5.32 Å². The zero-order valence-electron chi connectivity index (χ0n) is 10.2. The van der Waals surface area contributed by atoms with E-state index in [2.05, 4.69) is 10.6 Å². The summed E-state index contributed by atoms with van der Waals surface area (Å²) in [5, 5.41) is 13.8. The Morgan fingerprint density at radius 1 is 1.47 bits per heavy atom. The van der Waals surface area contributed by atoms with Gasteiger partial charge >= 0.3 is 12.0 Å². The summed E-state index contributed by atoms with van der Waals surface area (Å²) in [6, 6.07) is 2.37. The van der Waals surface area contributed by atoms with Gasteiger partial charge in [0.2, 0.25) is 0 Å². The minimum absolute atomic E-state index is 0.350. The summed E-state index contributed by atoms with van der Waals surface area (Å²) in [6.45, 7) is 1.83. The lowest BCUT2D eigenvalue weighted by Gasteiger charge is -2.14. The maximum atomic E-state index is 12.9. The Kier molecular flexibility index (Phi) is 6.00. The molecular formula is C12H14FIN2O3. The summed E-state index contributed by atoms with van der Waals surface area (Å²) < 4.78 is 13.4. The molecule has 0 spiro atoms. The van der Waals surface area contributed by atoms with Crippen LogP contribution in [0.5, 0.6) is 0 Å². The standard InChI is InChI=1S/C12H14FIN2O3/c1-2-3-10(11(17)18)16-12(19)15-9-5-4-7(13)6-8(9)14/h4-6,10H,2-3H2,1H3,(H,17,18)(H2,15,16,19). The van der Waals surface area contributed by atoms with Crippen LogP contribution in [0.2, 0.25) is 0 Å². The van der Waals surface area contributed by atoms with Gasteiger partial charge in [0.05, 0.1) is 5.69 Å². The average molecular weight is 380 g/mol.